The van der Waals surface area contributed by atoms with Gasteiger partial charge in [-0.2, -0.15) is 0 Å². The molecule has 0 saturated carbocycles. The normalized spacial score (nSPS) is 13.3. The van der Waals surface area contributed by atoms with E-state index in [9.17, 15) is 5.21 Å². The van der Waals surface area contributed by atoms with E-state index in [1.807, 2.05) is 32.3 Å². The third-order valence-corrected chi connectivity index (χ3v) is 4.40. The predicted octanol–water partition coefficient (Wildman–Crippen LogP) is 6.02. The predicted molar refractivity (Wildman–Crippen MR) is 108 cm³/mol. The molecule has 3 nitrogen and oxygen atoms in total. The van der Waals surface area contributed by atoms with Crippen molar-refractivity contribution in [3.8, 4) is 0 Å². The van der Waals surface area contributed by atoms with Crippen LogP contribution >= 0.6 is 35.6 Å². The van der Waals surface area contributed by atoms with E-state index in [-0.39, 0.29) is 18.3 Å². The Morgan fingerprint density at radius 2 is 1.96 bits per heavy atom. The van der Waals surface area contributed by atoms with Crippen molar-refractivity contribution in [3.63, 3.8) is 0 Å². The molecule has 1 aromatic rings. The number of unbranched alkanes of at least 4 members (excludes halogenated alkanes) is 2. The monoisotopic (exact) mass is 392 g/mol. The van der Waals surface area contributed by atoms with Crippen molar-refractivity contribution in [3.05, 3.63) is 39.9 Å². The quantitative estimate of drug-likeness (QED) is 0.241. The molecule has 1 rings (SSSR count). The first-order valence-corrected chi connectivity index (χ1v) is 8.73. The van der Waals surface area contributed by atoms with Crippen LogP contribution in [0, 0.1) is 5.92 Å². The molecule has 0 radical (unpaired) electrons. The van der Waals surface area contributed by atoms with Crippen LogP contribution in [0.1, 0.15) is 38.2 Å². The minimum atomic E-state index is 0. The van der Waals surface area contributed by atoms with Gasteiger partial charge in [0.25, 0.3) is 0 Å². The lowest BCUT2D eigenvalue weighted by molar-refractivity contribution is 0.305. The van der Waals surface area contributed by atoms with Crippen molar-refractivity contribution < 1.29 is 5.21 Å². The highest BCUT2D eigenvalue weighted by atomic mass is 35.5. The maximum absolute atomic E-state index is 9.41. The van der Waals surface area contributed by atoms with Gasteiger partial charge in [0.2, 0.25) is 0 Å². The van der Waals surface area contributed by atoms with Crippen LogP contribution in [0.25, 0.3) is 6.08 Å². The third-order valence-electron chi connectivity index (χ3n) is 3.67. The lowest BCUT2D eigenvalue weighted by Crippen LogP contribution is -2.27. The molecule has 0 aliphatic heterocycles. The average molecular weight is 394 g/mol. The molecule has 0 aliphatic rings. The van der Waals surface area contributed by atoms with E-state index in [0.717, 1.165) is 24.9 Å². The molecular weight excluding hydrogens is 367 g/mol. The van der Waals surface area contributed by atoms with Gasteiger partial charge < -0.3 is 10.1 Å². The number of nitrogens with zero attached hydrogens (tertiary/aromatic N) is 2. The second-order valence-corrected chi connectivity index (χ2v) is 6.80. The van der Waals surface area contributed by atoms with Gasteiger partial charge in [-0.25, -0.2) is 0 Å². The second-order valence-electron chi connectivity index (χ2n) is 5.99. The van der Waals surface area contributed by atoms with E-state index in [4.69, 9.17) is 23.2 Å². The van der Waals surface area contributed by atoms with Crippen LogP contribution in [0.15, 0.2) is 29.4 Å². The third kappa shape index (κ3) is 8.39. The Labute approximate surface area is 161 Å². The lowest BCUT2D eigenvalue weighted by Gasteiger charge is -2.20. The Bertz CT molecular complexity index is 545. The molecule has 0 aliphatic carbocycles. The van der Waals surface area contributed by atoms with Gasteiger partial charge in [-0.15, -0.1) is 12.4 Å². The summed E-state index contributed by atoms with van der Waals surface area (Å²) >= 11 is 12.0. The van der Waals surface area contributed by atoms with Crippen molar-refractivity contribution in [1.29, 1.82) is 0 Å². The molecule has 0 amide bonds. The first-order chi connectivity index (χ1) is 11.0. The number of halogens is 3. The Balaban J connectivity index is 0.00000529. The summed E-state index contributed by atoms with van der Waals surface area (Å²) in [6.07, 6.45) is 8.28. The zero-order valence-electron chi connectivity index (χ0n) is 14.5. The van der Waals surface area contributed by atoms with Gasteiger partial charge in [-0.3, -0.25) is 0 Å². The van der Waals surface area contributed by atoms with Crippen LogP contribution in [0.2, 0.25) is 10.0 Å². The van der Waals surface area contributed by atoms with Crippen LogP contribution in [-0.2, 0) is 0 Å². The van der Waals surface area contributed by atoms with E-state index in [1.54, 1.807) is 12.1 Å². The fourth-order valence-electron chi connectivity index (χ4n) is 2.46. The van der Waals surface area contributed by atoms with Gasteiger partial charge in [0.15, 0.2) is 0 Å². The summed E-state index contributed by atoms with van der Waals surface area (Å²) in [5, 5.41) is 14.0. The fraction of sp³-hybridized carbons (Fsp3) is 0.500. The lowest BCUT2D eigenvalue weighted by atomic mass is 9.94. The molecule has 1 N–H and O–H groups in total. The molecular formula is C18H27Cl3N2O. The SMILES string of the molecule is CCCCCC(CN(C)C)C(/C=C/c1ccc(Cl)c(Cl)c1)=N\O.Cl. The summed E-state index contributed by atoms with van der Waals surface area (Å²) in [6.45, 7) is 3.04. The van der Waals surface area contributed by atoms with Gasteiger partial charge in [0, 0.05) is 12.5 Å². The zero-order valence-corrected chi connectivity index (χ0v) is 16.8. The molecule has 1 aromatic carbocycles. The second kappa shape index (κ2) is 12.6. The summed E-state index contributed by atoms with van der Waals surface area (Å²) in [4.78, 5) is 2.12. The molecule has 136 valence electrons. The highest BCUT2D eigenvalue weighted by molar-refractivity contribution is 6.42. The molecule has 24 heavy (non-hydrogen) atoms. The Morgan fingerprint density at radius 3 is 2.50 bits per heavy atom. The van der Waals surface area contributed by atoms with Crippen LogP contribution in [-0.4, -0.2) is 36.5 Å². The molecule has 0 bridgehead atoms. The molecule has 0 spiro atoms. The van der Waals surface area contributed by atoms with Crippen LogP contribution in [0.3, 0.4) is 0 Å². The first kappa shape index (κ1) is 23.3. The number of hydrogen-bond acceptors (Lipinski definition) is 3. The highest BCUT2D eigenvalue weighted by Crippen LogP contribution is 2.23. The summed E-state index contributed by atoms with van der Waals surface area (Å²) in [5.41, 5.74) is 1.62. The summed E-state index contributed by atoms with van der Waals surface area (Å²) < 4.78 is 0. The minimum Gasteiger partial charge on any atom is -0.411 e. The summed E-state index contributed by atoms with van der Waals surface area (Å²) in [5.74, 6) is 0.209. The van der Waals surface area contributed by atoms with Crippen molar-refractivity contribution in [1.82, 2.24) is 4.90 Å². The Hall–Kier alpha value is -0.740. The van der Waals surface area contributed by atoms with Crippen LogP contribution in [0.4, 0.5) is 0 Å². The number of rotatable bonds is 9. The first-order valence-electron chi connectivity index (χ1n) is 7.97. The molecule has 0 aromatic heterocycles. The maximum atomic E-state index is 9.41. The van der Waals surface area contributed by atoms with E-state index >= 15 is 0 Å². The van der Waals surface area contributed by atoms with Gasteiger partial charge in [0.1, 0.15) is 0 Å². The molecule has 0 heterocycles. The largest absolute Gasteiger partial charge is 0.411 e. The van der Waals surface area contributed by atoms with Crippen LogP contribution in [0.5, 0.6) is 0 Å². The van der Waals surface area contributed by atoms with Crippen molar-refractivity contribution in [2.45, 2.75) is 32.6 Å². The highest BCUT2D eigenvalue weighted by Gasteiger charge is 2.15. The molecule has 0 fully saturated rings. The molecule has 6 heteroatoms. The zero-order chi connectivity index (χ0) is 17.2. The number of hydrogen-bond donors (Lipinski definition) is 1. The standard InChI is InChI=1S/C18H26Cl2N2O.ClH/c1-4-5-6-7-15(13-22(2)3)18(21-23)11-9-14-8-10-16(19)17(20)12-14;/h8-12,15,23H,4-7,13H2,1-3H3;1H/b11-9+,21-18-;. The van der Waals surface area contributed by atoms with E-state index in [0.29, 0.717) is 15.8 Å². The number of oxime groups is 1. The molecule has 0 saturated heterocycles. The van der Waals surface area contributed by atoms with Gasteiger partial charge in [0.05, 0.1) is 15.8 Å². The fourth-order valence-corrected chi connectivity index (χ4v) is 2.77. The number of benzene rings is 1. The molecule has 1 unspecified atom stereocenters. The maximum Gasteiger partial charge on any atom is 0.0839 e. The van der Waals surface area contributed by atoms with E-state index < -0.39 is 0 Å². The van der Waals surface area contributed by atoms with E-state index in [2.05, 4.69) is 17.0 Å². The van der Waals surface area contributed by atoms with Crippen molar-refractivity contribution >= 4 is 47.4 Å². The van der Waals surface area contributed by atoms with Gasteiger partial charge in [-0.05, 0) is 44.3 Å². The van der Waals surface area contributed by atoms with Crippen LogP contribution < -0.4 is 0 Å². The number of allylic oxidation sites excluding steroid dienone is 1. The minimum absolute atomic E-state index is 0. The summed E-state index contributed by atoms with van der Waals surface area (Å²) in [6, 6.07) is 5.45. The Morgan fingerprint density at radius 1 is 1.25 bits per heavy atom. The van der Waals surface area contributed by atoms with Crippen molar-refractivity contribution in [2.75, 3.05) is 20.6 Å². The smallest absolute Gasteiger partial charge is 0.0839 e. The van der Waals surface area contributed by atoms with Gasteiger partial charge >= 0.3 is 0 Å². The topological polar surface area (TPSA) is 35.8 Å². The molecule has 1 atom stereocenters. The van der Waals surface area contributed by atoms with Gasteiger partial charge in [-0.1, -0.05) is 66.7 Å². The van der Waals surface area contributed by atoms with E-state index in [1.165, 1.54) is 12.8 Å². The summed E-state index contributed by atoms with van der Waals surface area (Å²) in [7, 11) is 4.06. The van der Waals surface area contributed by atoms with Crippen molar-refractivity contribution in [2.24, 2.45) is 11.1 Å². The Kier molecular flexibility index (Phi) is 12.2. The average Bonchev–Trinajstić information content (AvgIpc) is 2.50.